The number of aliphatic hydroxyl groups is 1. The molecule has 0 aromatic heterocycles. The van der Waals surface area contributed by atoms with Crippen LogP contribution >= 0.6 is 11.6 Å². The highest BCUT2D eigenvalue weighted by Crippen LogP contribution is 2.41. The number of benzene rings is 2. The minimum Gasteiger partial charge on any atom is -0.457 e. The van der Waals surface area contributed by atoms with Gasteiger partial charge in [0.25, 0.3) is 0 Å². The second-order valence-corrected chi connectivity index (χ2v) is 11.5. The van der Waals surface area contributed by atoms with E-state index in [1.807, 2.05) is 19.1 Å². The topological polar surface area (TPSA) is 122 Å². The second kappa shape index (κ2) is 19.6. The maximum absolute atomic E-state index is 13.3. The van der Waals surface area contributed by atoms with Crippen molar-refractivity contribution >= 4 is 23.5 Å². The Kier molecular flexibility index (Phi) is 15.9. The van der Waals surface area contributed by atoms with Crippen LogP contribution in [0.15, 0.2) is 42.5 Å². The summed E-state index contributed by atoms with van der Waals surface area (Å²) >= 11 is 6.05. The first-order valence-corrected chi connectivity index (χ1v) is 16.3. The van der Waals surface area contributed by atoms with E-state index in [1.165, 1.54) is 0 Å². The first-order valence-electron chi connectivity index (χ1n) is 16.0. The highest BCUT2D eigenvalue weighted by molar-refractivity contribution is 6.30. The lowest BCUT2D eigenvalue weighted by atomic mass is 10.1. The molecule has 0 aliphatic carbocycles. The molecule has 2 aromatic rings. The van der Waals surface area contributed by atoms with Crippen molar-refractivity contribution in [2.75, 3.05) is 46.2 Å². The van der Waals surface area contributed by atoms with Crippen molar-refractivity contribution in [1.29, 1.82) is 0 Å². The zero-order chi connectivity index (χ0) is 32.5. The molecule has 0 unspecified atom stereocenters. The Labute approximate surface area is 271 Å². The Hall–Kier alpha value is -2.89. The molecule has 0 radical (unpaired) electrons. The van der Waals surface area contributed by atoms with E-state index < -0.39 is 23.8 Å². The van der Waals surface area contributed by atoms with Crippen LogP contribution in [0.1, 0.15) is 76.5 Å². The van der Waals surface area contributed by atoms with Crippen molar-refractivity contribution in [1.82, 2.24) is 5.32 Å². The number of halogens is 1. The van der Waals surface area contributed by atoms with Gasteiger partial charge >= 0.3 is 17.7 Å². The van der Waals surface area contributed by atoms with E-state index in [9.17, 15) is 14.7 Å². The molecule has 11 heteroatoms. The van der Waals surface area contributed by atoms with E-state index in [0.717, 1.165) is 49.7 Å². The quantitative estimate of drug-likeness (QED) is 0.0952. The number of unbranched alkanes of at least 4 members (excludes halogenated alkanes) is 4. The van der Waals surface area contributed by atoms with Gasteiger partial charge in [-0.05, 0) is 61.6 Å². The molecule has 1 heterocycles. The van der Waals surface area contributed by atoms with Crippen molar-refractivity contribution in [3.63, 3.8) is 0 Å². The molecule has 0 saturated heterocycles. The number of hydrogen-bond donors (Lipinski definition) is 2. The lowest BCUT2D eigenvalue weighted by Crippen LogP contribution is -2.56. The van der Waals surface area contributed by atoms with Gasteiger partial charge in [0.05, 0.1) is 19.3 Å². The SMILES string of the molecule is CCCCCOCCOC(=O)C1(C(=O)OCCOCCCCC)Oc2ccc(C[C@@H](C)NC[C@H](O)c3cccc(Cl)c3)cc2O1. The molecule has 1 aliphatic rings. The van der Waals surface area contributed by atoms with Gasteiger partial charge in [-0.3, -0.25) is 0 Å². The molecular weight excluding hydrogens is 602 g/mol. The summed E-state index contributed by atoms with van der Waals surface area (Å²) in [7, 11) is 0. The van der Waals surface area contributed by atoms with Crippen LogP contribution in [0.2, 0.25) is 5.02 Å². The molecular formula is C34H48ClNO9. The summed E-state index contributed by atoms with van der Waals surface area (Å²) in [6.45, 7) is 7.87. The minimum atomic E-state index is -2.43. The van der Waals surface area contributed by atoms with Crippen molar-refractivity contribution in [2.24, 2.45) is 0 Å². The van der Waals surface area contributed by atoms with Gasteiger partial charge in [0.2, 0.25) is 0 Å². The Morgan fingerprint density at radius 1 is 0.844 bits per heavy atom. The number of fused-ring (bicyclic) bond motifs is 1. The molecule has 2 N–H and O–H groups in total. The summed E-state index contributed by atoms with van der Waals surface area (Å²) in [4.78, 5) is 26.5. The Morgan fingerprint density at radius 3 is 2.07 bits per heavy atom. The van der Waals surface area contributed by atoms with Gasteiger partial charge in [-0.1, -0.05) is 69.3 Å². The van der Waals surface area contributed by atoms with Gasteiger partial charge in [-0.15, -0.1) is 0 Å². The Morgan fingerprint density at radius 2 is 1.47 bits per heavy atom. The Bertz CT molecular complexity index is 1160. The normalized spacial score (nSPS) is 14.6. The van der Waals surface area contributed by atoms with Crippen LogP contribution in [0.25, 0.3) is 0 Å². The van der Waals surface area contributed by atoms with E-state index in [1.54, 1.807) is 30.3 Å². The average molecular weight is 650 g/mol. The van der Waals surface area contributed by atoms with E-state index in [-0.39, 0.29) is 44.0 Å². The number of carbonyl (C=O) groups excluding carboxylic acids is 2. The van der Waals surface area contributed by atoms with Gasteiger partial charge in [-0.2, -0.15) is 0 Å². The van der Waals surface area contributed by atoms with Gasteiger partial charge in [0.1, 0.15) is 13.2 Å². The molecule has 2 atom stereocenters. The molecule has 45 heavy (non-hydrogen) atoms. The van der Waals surface area contributed by atoms with Gasteiger partial charge in [0, 0.05) is 30.8 Å². The molecule has 2 aromatic carbocycles. The van der Waals surface area contributed by atoms with Gasteiger partial charge < -0.3 is 38.8 Å². The summed E-state index contributed by atoms with van der Waals surface area (Å²) in [6.07, 6.45) is 5.95. The van der Waals surface area contributed by atoms with Gasteiger partial charge in [-0.25, -0.2) is 9.59 Å². The highest BCUT2D eigenvalue weighted by Gasteiger charge is 2.59. The maximum Gasteiger partial charge on any atom is 0.453 e. The highest BCUT2D eigenvalue weighted by atomic mass is 35.5. The smallest absolute Gasteiger partial charge is 0.453 e. The number of esters is 2. The molecule has 250 valence electrons. The molecule has 0 spiro atoms. The van der Waals surface area contributed by atoms with Crippen LogP contribution < -0.4 is 14.8 Å². The molecule has 0 saturated carbocycles. The summed E-state index contributed by atoms with van der Waals surface area (Å²) in [5.41, 5.74) is 1.60. The zero-order valence-electron chi connectivity index (χ0n) is 26.7. The Balaban J connectivity index is 1.60. The van der Waals surface area contributed by atoms with Gasteiger partial charge in [0.15, 0.2) is 11.5 Å². The minimum absolute atomic E-state index is 0.0199. The molecule has 10 nitrogen and oxygen atoms in total. The van der Waals surface area contributed by atoms with Crippen molar-refractivity contribution < 1.29 is 43.1 Å². The third-order valence-corrected chi connectivity index (χ3v) is 7.43. The molecule has 0 amide bonds. The molecule has 0 fully saturated rings. The number of nitrogens with one attached hydrogen (secondary N) is 1. The summed E-state index contributed by atoms with van der Waals surface area (Å²) in [5, 5.41) is 14.4. The molecule has 3 rings (SSSR count). The largest absolute Gasteiger partial charge is 0.457 e. The number of aliphatic hydroxyl groups excluding tert-OH is 1. The first-order chi connectivity index (χ1) is 21.8. The third kappa shape index (κ3) is 11.8. The standard InChI is InChI=1S/C34H48ClNO9/c1-4-6-8-15-40-17-19-42-32(38)34(33(39)43-20-18-41-16-9-7-5-2)44-30-14-13-26(22-31(30)45-34)21-25(3)36-24-29(37)27-11-10-12-28(35)23-27/h10-14,22-23,25,29,36-37H,4-9,15-21,24H2,1-3H3/t25-,29+/m1/s1. The lowest BCUT2D eigenvalue weighted by molar-refractivity contribution is -0.204. The number of carbonyl (C=O) groups is 2. The molecule has 0 bridgehead atoms. The van der Waals surface area contributed by atoms with E-state index in [2.05, 4.69) is 19.2 Å². The zero-order valence-corrected chi connectivity index (χ0v) is 27.4. The van der Waals surface area contributed by atoms with E-state index >= 15 is 0 Å². The number of hydrogen-bond acceptors (Lipinski definition) is 10. The molecule has 1 aliphatic heterocycles. The summed E-state index contributed by atoms with van der Waals surface area (Å²) < 4.78 is 33.5. The monoisotopic (exact) mass is 649 g/mol. The first kappa shape index (κ1) is 36.6. The fraction of sp³-hybridized carbons (Fsp3) is 0.588. The summed E-state index contributed by atoms with van der Waals surface area (Å²) in [6, 6.07) is 12.3. The second-order valence-electron chi connectivity index (χ2n) is 11.1. The fourth-order valence-electron chi connectivity index (χ4n) is 4.68. The van der Waals surface area contributed by atoms with Crippen molar-refractivity contribution in [2.45, 2.75) is 83.6 Å². The summed E-state index contributed by atoms with van der Waals surface area (Å²) in [5.74, 6) is -4.03. The predicted molar refractivity (Wildman–Crippen MR) is 171 cm³/mol. The average Bonchev–Trinajstić information content (AvgIpc) is 3.43. The fourth-order valence-corrected chi connectivity index (χ4v) is 4.88. The van der Waals surface area contributed by atoms with E-state index in [4.69, 9.17) is 40.0 Å². The van der Waals surface area contributed by atoms with Crippen molar-refractivity contribution in [3.05, 3.63) is 58.6 Å². The number of rotatable bonds is 22. The van der Waals surface area contributed by atoms with E-state index in [0.29, 0.717) is 31.2 Å². The van der Waals surface area contributed by atoms with Crippen LogP contribution in [0, 0.1) is 0 Å². The third-order valence-electron chi connectivity index (χ3n) is 7.19. The lowest BCUT2D eigenvalue weighted by Gasteiger charge is -2.23. The number of ether oxygens (including phenoxy) is 6. The van der Waals surface area contributed by atoms with Crippen molar-refractivity contribution in [3.8, 4) is 11.5 Å². The maximum atomic E-state index is 13.3. The van der Waals surface area contributed by atoms with Crippen LogP contribution in [0.3, 0.4) is 0 Å². The van der Waals surface area contributed by atoms with Crippen LogP contribution in [0.4, 0.5) is 0 Å². The van der Waals surface area contributed by atoms with Crippen LogP contribution in [-0.2, 0) is 35.0 Å². The van der Waals surface area contributed by atoms with Crippen LogP contribution in [0.5, 0.6) is 11.5 Å². The van der Waals surface area contributed by atoms with Crippen LogP contribution in [-0.4, -0.2) is 75.1 Å². The predicted octanol–water partition coefficient (Wildman–Crippen LogP) is 5.56.